The molecule has 2 aliphatic rings. The number of fused-ring (bicyclic) bond motifs is 1. The van der Waals surface area contributed by atoms with E-state index in [0.717, 1.165) is 43.6 Å². The van der Waals surface area contributed by atoms with E-state index in [2.05, 4.69) is 52.0 Å². The predicted octanol–water partition coefficient (Wildman–Crippen LogP) is 3.84. The molecule has 6 heteroatoms. The Morgan fingerprint density at radius 2 is 1.74 bits per heavy atom. The molecule has 0 unspecified atom stereocenters. The summed E-state index contributed by atoms with van der Waals surface area (Å²) < 4.78 is 0. The second kappa shape index (κ2) is 9.52. The molecule has 31 heavy (non-hydrogen) atoms. The summed E-state index contributed by atoms with van der Waals surface area (Å²) in [5.74, 6) is 0.288. The summed E-state index contributed by atoms with van der Waals surface area (Å²) in [6.07, 6.45) is 3.04. The first kappa shape index (κ1) is 21.4. The van der Waals surface area contributed by atoms with Crippen LogP contribution in [0.2, 0.25) is 0 Å². The number of rotatable bonds is 7. The van der Waals surface area contributed by atoms with Crippen LogP contribution in [0.4, 0.5) is 10.5 Å². The van der Waals surface area contributed by atoms with E-state index in [4.69, 9.17) is 0 Å². The standard InChI is InChI=1S/C25H32N4O2/c1-17(29-14-13-20-5-3-4-6-22(20)16-29)15-26-25(31)27-18(2)19-9-11-23(12-10-19)28-24(30)21-7-8-21/h3-6,9-12,17-18,21H,7-8,13-16H2,1-2H3,(H,28,30)(H2,26,27,31)/t17-,18-/m0/s1. The number of carbonyl (C=O) groups excluding carboxylic acids is 2. The number of hydrogen-bond acceptors (Lipinski definition) is 3. The van der Waals surface area contributed by atoms with Crippen LogP contribution in [0.1, 0.15) is 49.4 Å². The topological polar surface area (TPSA) is 73.5 Å². The fourth-order valence-corrected chi connectivity index (χ4v) is 4.04. The van der Waals surface area contributed by atoms with Crippen molar-refractivity contribution in [2.45, 2.75) is 51.7 Å². The third-order valence-corrected chi connectivity index (χ3v) is 6.32. The zero-order valence-electron chi connectivity index (χ0n) is 18.4. The third kappa shape index (κ3) is 5.64. The molecular formula is C25H32N4O2. The Bertz CT molecular complexity index is 923. The molecule has 0 bridgehead atoms. The molecule has 0 saturated heterocycles. The van der Waals surface area contributed by atoms with E-state index in [9.17, 15) is 9.59 Å². The van der Waals surface area contributed by atoms with Gasteiger partial charge in [0.1, 0.15) is 0 Å². The number of hydrogen-bond donors (Lipinski definition) is 3. The highest BCUT2D eigenvalue weighted by molar-refractivity contribution is 5.94. The summed E-state index contributed by atoms with van der Waals surface area (Å²) in [6, 6.07) is 16.2. The molecule has 2 atom stereocenters. The van der Waals surface area contributed by atoms with Crippen LogP contribution in [0.3, 0.4) is 0 Å². The van der Waals surface area contributed by atoms with Crippen molar-refractivity contribution in [1.82, 2.24) is 15.5 Å². The SMILES string of the molecule is C[C@H](NC(=O)NC[C@H](C)N1CCc2ccccc2C1)c1ccc(NC(=O)C2CC2)cc1. The summed E-state index contributed by atoms with van der Waals surface area (Å²) in [4.78, 5) is 26.7. The molecule has 3 amide bonds. The number of anilines is 1. The van der Waals surface area contributed by atoms with Crippen molar-refractivity contribution >= 4 is 17.6 Å². The highest BCUT2D eigenvalue weighted by Crippen LogP contribution is 2.30. The Morgan fingerprint density at radius 1 is 1.03 bits per heavy atom. The van der Waals surface area contributed by atoms with E-state index in [1.165, 1.54) is 11.1 Å². The molecule has 4 rings (SSSR count). The third-order valence-electron chi connectivity index (χ3n) is 6.32. The lowest BCUT2D eigenvalue weighted by Gasteiger charge is -2.33. The molecule has 2 aromatic carbocycles. The Labute approximate surface area is 184 Å². The van der Waals surface area contributed by atoms with Crippen molar-refractivity contribution in [2.75, 3.05) is 18.4 Å². The summed E-state index contributed by atoms with van der Waals surface area (Å²) in [5.41, 5.74) is 4.62. The van der Waals surface area contributed by atoms with Crippen LogP contribution in [-0.4, -0.2) is 36.0 Å². The minimum absolute atomic E-state index is 0.101. The van der Waals surface area contributed by atoms with Crippen LogP contribution in [0, 0.1) is 5.92 Å². The molecule has 1 heterocycles. The minimum Gasteiger partial charge on any atom is -0.337 e. The lowest BCUT2D eigenvalue weighted by Crippen LogP contribution is -2.47. The van der Waals surface area contributed by atoms with Gasteiger partial charge in [-0.2, -0.15) is 0 Å². The fourth-order valence-electron chi connectivity index (χ4n) is 4.04. The van der Waals surface area contributed by atoms with Gasteiger partial charge >= 0.3 is 6.03 Å². The number of nitrogens with zero attached hydrogens (tertiary/aromatic N) is 1. The maximum Gasteiger partial charge on any atom is 0.315 e. The number of urea groups is 1. The first-order valence-electron chi connectivity index (χ1n) is 11.3. The minimum atomic E-state index is -0.164. The van der Waals surface area contributed by atoms with E-state index in [1.807, 2.05) is 31.2 Å². The molecule has 0 spiro atoms. The van der Waals surface area contributed by atoms with Crippen LogP contribution >= 0.6 is 0 Å². The molecule has 1 aliphatic carbocycles. The van der Waals surface area contributed by atoms with Crippen molar-refractivity contribution in [3.8, 4) is 0 Å². The molecule has 1 saturated carbocycles. The van der Waals surface area contributed by atoms with E-state index in [-0.39, 0.29) is 29.9 Å². The van der Waals surface area contributed by atoms with E-state index in [1.54, 1.807) is 0 Å². The second-order valence-electron chi connectivity index (χ2n) is 8.80. The second-order valence-corrected chi connectivity index (χ2v) is 8.80. The summed E-state index contributed by atoms with van der Waals surface area (Å²) >= 11 is 0. The smallest absolute Gasteiger partial charge is 0.315 e. The highest BCUT2D eigenvalue weighted by atomic mass is 16.2. The van der Waals surface area contributed by atoms with Crippen molar-refractivity contribution in [1.29, 1.82) is 0 Å². The maximum absolute atomic E-state index is 12.4. The number of carbonyl (C=O) groups is 2. The molecule has 2 aromatic rings. The molecule has 164 valence electrons. The average Bonchev–Trinajstić information content (AvgIpc) is 3.63. The van der Waals surface area contributed by atoms with Crippen LogP contribution in [0.5, 0.6) is 0 Å². The molecule has 1 aliphatic heterocycles. The molecular weight excluding hydrogens is 388 g/mol. The van der Waals surface area contributed by atoms with Gasteiger partial charge in [-0.05, 0) is 61.9 Å². The highest BCUT2D eigenvalue weighted by Gasteiger charge is 2.29. The van der Waals surface area contributed by atoms with Crippen LogP contribution in [0.25, 0.3) is 0 Å². The van der Waals surface area contributed by atoms with Crippen LogP contribution in [-0.2, 0) is 17.8 Å². The quantitative estimate of drug-likeness (QED) is 0.637. The summed E-state index contributed by atoms with van der Waals surface area (Å²) in [5, 5.41) is 8.95. The summed E-state index contributed by atoms with van der Waals surface area (Å²) in [7, 11) is 0. The monoisotopic (exact) mass is 420 g/mol. The Kier molecular flexibility index (Phi) is 6.56. The lowest BCUT2D eigenvalue weighted by molar-refractivity contribution is -0.117. The first-order chi connectivity index (χ1) is 15.0. The fraction of sp³-hybridized carbons (Fsp3) is 0.440. The van der Waals surface area contributed by atoms with Gasteiger partial charge in [-0.25, -0.2) is 4.79 Å². The largest absolute Gasteiger partial charge is 0.337 e. The van der Waals surface area contributed by atoms with Crippen molar-refractivity contribution in [3.63, 3.8) is 0 Å². The molecule has 0 aromatic heterocycles. The number of amides is 3. The Hall–Kier alpha value is -2.86. The first-order valence-corrected chi connectivity index (χ1v) is 11.3. The number of nitrogens with one attached hydrogen (secondary N) is 3. The van der Waals surface area contributed by atoms with Gasteiger partial charge in [0.2, 0.25) is 5.91 Å². The number of benzene rings is 2. The Morgan fingerprint density at radius 3 is 2.45 bits per heavy atom. The Balaban J connectivity index is 1.21. The average molecular weight is 421 g/mol. The normalized spacial score (nSPS) is 17.9. The van der Waals surface area contributed by atoms with Crippen LogP contribution in [0.15, 0.2) is 48.5 Å². The van der Waals surface area contributed by atoms with Gasteiger partial charge in [0.25, 0.3) is 0 Å². The molecule has 1 fully saturated rings. The summed E-state index contributed by atoms with van der Waals surface area (Å²) in [6.45, 7) is 6.67. The van der Waals surface area contributed by atoms with Gasteiger partial charge < -0.3 is 16.0 Å². The van der Waals surface area contributed by atoms with Gasteiger partial charge in [0.05, 0.1) is 6.04 Å². The van der Waals surface area contributed by atoms with Gasteiger partial charge in [-0.3, -0.25) is 9.69 Å². The lowest BCUT2D eigenvalue weighted by atomic mass is 9.99. The molecule has 3 N–H and O–H groups in total. The van der Waals surface area contributed by atoms with Crippen molar-refractivity contribution < 1.29 is 9.59 Å². The van der Waals surface area contributed by atoms with Gasteiger partial charge in [0.15, 0.2) is 0 Å². The van der Waals surface area contributed by atoms with E-state index >= 15 is 0 Å². The molecule has 0 radical (unpaired) electrons. The van der Waals surface area contributed by atoms with Crippen LogP contribution < -0.4 is 16.0 Å². The zero-order valence-corrected chi connectivity index (χ0v) is 18.4. The van der Waals surface area contributed by atoms with E-state index in [0.29, 0.717) is 6.54 Å². The van der Waals surface area contributed by atoms with Crippen molar-refractivity contribution in [2.24, 2.45) is 5.92 Å². The van der Waals surface area contributed by atoms with Crippen molar-refractivity contribution in [3.05, 3.63) is 65.2 Å². The maximum atomic E-state index is 12.4. The van der Waals surface area contributed by atoms with E-state index < -0.39 is 0 Å². The van der Waals surface area contributed by atoms with Gasteiger partial charge in [-0.15, -0.1) is 0 Å². The predicted molar refractivity (Wildman–Crippen MR) is 123 cm³/mol. The molecule has 6 nitrogen and oxygen atoms in total. The van der Waals surface area contributed by atoms with Gasteiger partial charge in [0, 0.05) is 37.3 Å². The zero-order chi connectivity index (χ0) is 21.8. The van der Waals surface area contributed by atoms with Gasteiger partial charge in [-0.1, -0.05) is 36.4 Å².